The van der Waals surface area contributed by atoms with Crippen LogP contribution in [0.3, 0.4) is 0 Å². The van der Waals surface area contributed by atoms with Gasteiger partial charge in [0.25, 0.3) is 5.91 Å². The second-order valence-electron chi connectivity index (χ2n) is 8.60. The molecule has 0 spiro atoms. The first-order valence-corrected chi connectivity index (χ1v) is 10.1. The molecular weight excluding hydrogens is 362 g/mol. The van der Waals surface area contributed by atoms with Gasteiger partial charge in [0.05, 0.1) is 6.04 Å². The smallest absolute Gasteiger partial charge is 0.325 e. The Balaban J connectivity index is 1.55. The van der Waals surface area contributed by atoms with E-state index < -0.39 is 11.6 Å². The van der Waals surface area contributed by atoms with Gasteiger partial charge in [-0.3, -0.25) is 24.6 Å². The molecule has 1 N–H and O–H groups in total. The molecule has 0 bridgehead atoms. The van der Waals surface area contributed by atoms with Crippen LogP contribution in [0.25, 0.3) is 0 Å². The Morgan fingerprint density at radius 3 is 2.29 bits per heavy atom. The number of imide groups is 1. The fourth-order valence-corrected chi connectivity index (χ4v) is 4.21. The van der Waals surface area contributed by atoms with Gasteiger partial charge in [-0.15, -0.1) is 0 Å². The largest absolute Gasteiger partial charge is 0.339 e. The highest BCUT2D eigenvalue weighted by molar-refractivity contribution is 6.07. The number of amides is 5. The maximum Gasteiger partial charge on any atom is 0.325 e. The molecule has 1 atom stereocenters. The van der Waals surface area contributed by atoms with Crippen molar-refractivity contribution in [2.24, 2.45) is 0 Å². The van der Waals surface area contributed by atoms with Gasteiger partial charge in [-0.25, -0.2) is 4.79 Å². The first kappa shape index (κ1) is 20.6. The van der Waals surface area contributed by atoms with Gasteiger partial charge in [0.2, 0.25) is 11.8 Å². The van der Waals surface area contributed by atoms with Crippen LogP contribution in [0.1, 0.15) is 40.5 Å². The van der Waals surface area contributed by atoms with E-state index in [1.165, 1.54) is 4.90 Å². The van der Waals surface area contributed by atoms with Gasteiger partial charge in [-0.05, 0) is 40.5 Å². The van der Waals surface area contributed by atoms with Crippen LogP contribution in [0.15, 0.2) is 0 Å². The summed E-state index contributed by atoms with van der Waals surface area (Å²) in [6.07, 6.45) is 1.86. The molecular formula is C19H31N5O4. The van der Waals surface area contributed by atoms with Gasteiger partial charge in [-0.1, -0.05) is 0 Å². The molecule has 9 heteroatoms. The number of rotatable bonds is 4. The Morgan fingerprint density at radius 1 is 1.11 bits per heavy atom. The summed E-state index contributed by atoms with van der Waals surface area (Å²) < 4.78 is 0. The summed E-state index contributed by atoms with van der Waals surface area (Å²) in [5.74, 6) is -0.369. The monoisotopic (exact) mass is 393 g/mol. The first-order chi connectivity index (χ1) is 13.1. The Bertz CT molecular complexity index is 669. The fraction of sp³-hybridized carbons (Fsp3) is 0.789. The predicted octanol–water partition coefficient (Wildman–Crippen LogP) is -0.140. The van der Waals surface area contributed by atoms with Crippen LogP contribution in [0.4, 0.5) is 4.79 Å². The highest BCUT2D eigenvalue weighted by Crippen LogP contribution is 2.23. The van der Waals surface area contributed by atoms with Gasteiger partial charge < -0.3 is 14.7 Å². The van der Waals surface area contributed by atoms with Crippen molar-refractivity contribution in [3.05, 3.63) is 0 Å². The molecule has 3 heterocycles. The van der Waals surface area contributed by atoms with Crippen molar-refractivity contribution in [1.29, 1.82) is 0 Å². The zero-order valence-corrected chi connectivity index (χ0v) is 17.2. The van der Waals surface area contributed by atoms with E-state index in [0.717, 1.165) is 19.4 Å². The molecule has 0 aromatic rings. The Hall–Kier alpha value is -2.16. The van der Waals surface area contributed by atoms with Gasteiger partial charge in [-0.2, -0.15) is 0 Å². The Morgan fingerprint density at radius 2 is 1.75 bits per heavy atom. The number of hydrogen-bond donors (Lipinski definition) is 1. The van der Waals surface area contributed by atoms with E-state index in [2.05, 4.69) is 10.2 Å². The second kappa shape index (κ2) is 7.69. The standard InChI is InChI=1S/C19H31N5O4/c1-13(2)23-7-5-6-14(16(23)26)21-8-10-22(11-9-21)15(25)12-24-18(28)20-17(27)19(24,3)4/h13-14H,5-12H2,1-4H3,(H,20,27,28)/t14-/m0/s1. The molecule has 0 saturated carbocycles. The number of urea groups is 1. The molecule has 28 heavy (non-hydrogen) atoms. The molecule has 5 amide bonds. The minimum absolute atomic E-state index is 0.102. The van der Waals surface area contributed by atoms with Crippen LogP contribution >= 0.6 is 0 Å². The number of piperidine rings is 1. The third-order valence-electron chi connectivity index (χ3n) is 6.17. The number of nitrogens with zero attached hydrogens (tertiary/aromatic N) is 4. The summed E-state index contributed by atoms with van der Waals surface area (Å²) in [6, 6.07) is -0.422. The molecule has 0 aliphatic carbocycles. The summed E-state index contributed by atoms with van der Waals surface area (Å²) in [5.41, 5.74) is -1.02. The maximum absolute atomic E-state index is 12.8. The van der Waals surface area contributed by atoms with Crippen LogP contribution < -0.4 is 5.32 Å². The van der Waals surface area contributed by atoms with E-state index in [0.29, 0.717) is 26.2 Å². The van der Waals surface area contributed by atoms with Crippen molar-refractivity contribution in [1.82, 2.24) is 24.9 Å². The van der Waals surface area contributed by atoms with Gasteiger partial charge >= 0.3 is 6.03 Å². The number of piperazine rings is 1. The summed E-state index contributed by atoms with van der Waals surface area (Å²) in [5, 5.41) is 2.26. The van der Waals surface area contributed by atoms with Gasteiger partial charge in [0, 0.05) is 38.8 Å². The number of carbonyl (C=O) groups excluding carboxylic acids is 4. The van der Waals surface area contributed by atoms with Crippen LogP contribution in [-0.2, 0) is 14.4 Å². The van der Waals surface area contributed by atoms with Crippen molar-refractivity contribution < 1.29 is 19.2 Å². The highest BCUT2D eigenvalue weighted by atomic mass is 16.2. The lowest BCUT2D eigenvalue weighted by atomic mass is 10.0. The third kappa shape index (κ3) is 3.72. The van der Waals surface area contributed by atoms with Crippen LogP contribution in [0.2, 0.25) is 0 Å². The van der Waals surface area contributed by atoms with Crippen LogP contribution in [-0.4, -0.2) is 100 Å². The minimum Gasteiger partial charge on any atom is -0.339 e. The Kier molecular flexibility index (Phi) is 5.65. The predicted molar refractivity (Wildman–Crippen MR) is 102 cm³/mol. The number of hydrogen-bond acceptors (Lipinski definition) is 5. The lowest BCUT2D eigenvalue weighted by molar-refractivity contribution is -0.144. The lowest BCUT2D eigenvalue weighted by Crippen LogP contribution is -2.60. The van der Waals surface area contributed by atoms with Crippen molar-refractivity contribution >= 4 is 23.8 Å². The van der Waals surface area contributed by atoms with Gasteiger partial charge in [0.15, 0.2) is 0 Å². The average molecular weight is 393 g/mol. The number of likely N-dealkylation sites (tertiary alicyclic amines) is 1. The lowest BCUT2D eigenvalue weighted by Gasteiger charge is -2.43. The molecule has 3 rings (SSSR count). The normalized spacial score (nSPS) is 26.2. The van der Waals surface area contributed by atoms with E-state index in [4.69, 9.17) is 0 Å². The average Bonchev–Trinajstić information content (AvgIpc) is 2.83. The zero-order valence-electron chi connectivity index (χ0n) is 17.2. The molecule has 0 unspecified atom stereocenters. The second-order valence-corrected chi connectivity index (χ2v) is 8.60. The quantitative estimate of drug-likeness (QED) is 0.671. The topological polar surface area (TPSA) is 93.3 Å². The Labute approximate surface area is 166 Å². The zero-order chi connectivity index (χ0) is 20.6. The molecule has 3 aliphatic rings. The van der Waals surface area contributed by atoms with Crippen molar-refractivity contribution in [3.8, 4) is 0 Å². The minimum atomic E-state index is -1.02. The SMILES string of the molecule is CC(C)N1CCC[C@H](N2CCN(C(=O)CN3C(=O)NC(=O)C3(C)C)CC2)C1=O. The van der Waals surface area contributed by atoms with E-state index in [9.17, 15) is 19.2 Å². The molecule has 156 valence electrons. The molecule has 3 fully saturated rings. The van der Waals surface area contributed by atoms with Gasteiger partial charge in [0.1, 0.15) is 12.1 Å². The molecule has 0 aromatic heterocycles. The van der Waals surface area contributed by atoms with Crippen molar-refractivity contribution in [3.63, 3.8) is 0 Å². The third-order valence-corrected chi connectivity index (χ3v) is 6.17. The van der Waals surface area contributed by atoms with Crippen molar-refractivity contribution in [2.75, 3.05) is 39.3 Å². The number of nitrogens with one attached hydrogen (secondary N) is 1. The van der Waals surface area contributed by atoms with E-state index in [1.54, 1.807) is 18.7 Å². The molecule has 9 nitrogen and oxygen atoms in total. The summed E-state index contributed by atoms with van der Waals surface area (Å²) in [6.45, 7) is 10.4. The molecule has 3 saturated heterocycles. The summed E-state index contributed by atoms with van der Waals surface area (Å²) >= 11 is 0. The summed E-state index contributed by atoms with van der Waals surface area (Å²) in [4.78, 5) is 56.4. The summed E-state index contributed by atoms with van der Waals surface area (Å²) in [7, 11) is 0. The highest BCUT2D eigenvalue weighted by Gasteiger charge is 2.46. The molecule has 0 radical (unpaired) electrons. The van der Waals surface area contributed by atoms with Crippen LogP contribution in [0.5, 0.6) is 0 Å². The maximum atomic E-state index is 12.8. The molecule has 0 aromatic carbocycles. The van der Waals surface area contributed by atoms with Crippen molar-refractivity contribution in [2.45, 2.75) is 58.2 Å². The fourth-order valence-electron chi connectivity index (χ4n) is 4.21. The van der Waals surface area contributed by atoms with E-state index in [1.807, 2.05) is 18.7 Å². The number of carbonyl (C=O) groups is 4. The van der Waals surface area contributed by atoms with Crippen LogP contribution in [0, 0.1) is 0 Å². The van der Waals surface area contributed by atoms with E-state index >= 15 is 0 Å². The first-order valence-electron chi connectivity index (χ1n) is 10.1. The molecule has 3 aliphatic heterocycles. The van der Waals surface area contributed by atoms with E-state index in [-0.39, 0.29) is 36.3 Å².